The molecule has 0 radical (unpaired) electrons. The van der Waals surface area contributed by atoms with Crippen molar-refractivity contribution in [2.45, 2.75) is 51.0 Å². The van der Waals surface area contributed by atoms with Crippen molar-refractivity contribution >= 4 is 29.1 Å². The molecule has 0 bridgehead atoms. The van der Waals surface area contributed by atoms with Crippen LogP contribution in [-0.4, -0.2) is 89.2 Å². The standard InChI is InChI=1S/C35H42N4O5/c1-4-34-18-10-20-37(24-25-12-8-7-9-13-25)31(41)28(34)29-32(42)39(22-23-40)30-33(43)38(21-11-19-35(29,30)44-34)27-16-14-26(15-17-27)36(5-2)6-3/h7-19,28-30,40H,4-6,20-24H2,1-3H3/t28-,29+,30?,34+,35+/m1/s1. The number of benzene rings is 2. The van der Waals surface area contributed by atoms with Gasteiger partial charge in [-0.3, -0.25) is 14.4 Å². The van der Waals surface area contributed by atoms with Crippen LogP contribution in [-0.2, 0) is 25.7 Å². The Morgan fingerprint density at radius 1 is 0.864 bits per heavy atom. The van der Waals surface area contributed by atoms with Crippen LogP contribution >= 0.6 is 0 Å². The molecule has 4 aliphatic rings. The van der Waals surface area contributed by atoms with Gasteiger partial charge in [-0.25, -0.2) is 0 Å². The molecule has 0 aromatic heterocycles. The summed E-state index contributed by atoms with van der Waals surface area (Å²) in [5.41, 5.74) is 0.389. The minimum absolute atomic E-state index is 0.0248. The first-order chi connectivity index (χ1) is 21.3. The highest BCUT2D eigenvalue weighted by Gasteiger charge is 2.75. The number of hydrogen-bond donors (Lipinski definition) is 1. The summed E-state index contributed by atoms with van der Waals surface area (Å²) >= 11 is 0. The zero-order chi connectivity index (χ0) is 31.1. The van der Waals surface area contributed by atoms with Crippen LogP contribution in [0.5, 0.6) is 0 Å². The zero-order valence-corrected chi connectivity index (χ0v) is 25.8. The van der Waals surface area contributed by atoms with E-state index >= 15 is 0 Å². The number of carbonyl (C=O) groups excluding carboxylic acids is 3. The van der Waals surface area contributed by atoms with Gasteiger partial charge in [-0.1, -0.05) is 61.6 Å². The predicted octanol–water partition coefficient (Wildman–Crippen LogP) is 3.39. The van der Waals surface area contributed by atoms with E-state index in [1.807, 2.05) is 85.8 Å². The van der Waals surface area contributed by atoms with Crippen molar-refractivity contribution in [1.82, 2.24) is 9.80 Å². The molecule has 0 saturated carbocycles. The van der Waals surface area contributed by atoms with Gasteiger partial charge in [0.15, 0.2) is 0 Å². The monoisotopic (exact) mass is 598 g/mol. The van der Waals surface area contributed by atoms with E-state index in [1.165, 1.54) is 4.90 Å². The highest BCUT2D eigenvalue weighted by atomic mass is 16.5. The van der Waals surface area contributed by atoms with Crippen molar-refractivity contribution in [3.05, 3.63) is 84.5 Å². The van der Waals surface area contributed by atoms with E-state index in [1.54, 1.807) is 9.80 Å². The molecule has 9 heteroatoms. The van der Waals surface area contributed by atoms with E-state index in [9.17, 15) is 19.5 Å². The van der Waals surface area contributed by atoms with Crippen LogP contribution in [0.2, 0.25) is 0 Å². The Bertz CT molecular complexity index is 1460. The van der Waals surface area contributed by atoms with Gasteiger partial charge in [-0.15, -0.1) is 0 Å². The Morgan fingerprint density at radius 2 is 1.57 bits per heavy atom. The van der Waals surface area contributed by atoms with Crippen LogP contribution in [0.1, 0.15) is 32.8 Å². The van der Waals surface area contributed by atoms with Gasteiger partial charge in [0, 0.05) is 50.6 Å². The Kier molecular flexibility index (Phi) is 8.11. The molecule has 2 aromatic rings. The first-order valence-corrected chi connectivity index (χ1v) is 15.8. The van der Waals surface area contributed by atoms with Gasteiger partial charge in [-0.2, -0.15) is 0 Å². The van der Waals surface area contributed by atoms with Crippen molar-refractivity contribution in [3.63, 3.8) is 0 Å². The zero-order valence-electron chi connectivity index (χ0n) is 25.8. The summed E-state index contributed by atoms with van der Waals surface area (Å²) in [5, 5.41) is 10.0. The topological polar surface area (TPSA) is 93.6 Å². The molecule has 1 N–H and O–H groups in total. The summed E-state index contributed by atoms with van der Waals surface area (Å²) in [6.07, 6.45) is 8.12. The Labute approximate surface area is 259 Å². The number of ether oxygens (including phenoxy) is 1. The molecule has 4 aliphatic heterocycles. The number of fused-ring (bicyclic) bond motifs is 2. The van der Waals surface area contributed by atoms with Gasteiger partial charge < -0.3 is 29.4 Å². The van der Waals surface area contributed by atoms with Crippen LogP contribution in [0, 0.1) is 11.8 Å². The van der Waals surface area contributed by atoms with Gasteiger partial charge in [-0.05, 0) is 50.1 Å². The first-order valence-electron chi connectivity index (χ1n) is 15.8. The van der Waals surface area contributed by atoms with E-state index < -0.39 is 29.1 Å². The minimum Gasteiger partial charge on any atom is -0.395 e. The number of carbonyl (C=O) groups is 3. The fourth-order valence-electron chi connectivity index (χ4n) is 7.77. The van der Waals surface area contributed by atoms with E-state index in [0.29, 0.717) is 26.1 Å². The van der Waals surface area contributed by atoms with Crippen molar-refractivity contribution < 1.29 is 24.2 Å². The molecular weight excluding hydrogens is 556 g/mol. The number of amides is 3. The summed E-state index contributed by atoms with van der Waals surface area (Å²) < 4.78 is 7.01. The third kappa shape index (κ3) is 4.64. The van der Waals surface area contributed by atoms with Gasteiger partial charge in [0.2, 0.25) is 11.8 Å². The lowest BCUT2D eigenvalue weighted by Gasteiger charge is -2.38. The van der Waals surface area contributed by atoms with Crippen molar-refractivity contribution in [3.8, 4) is 0 Å². The summed E-state index contributed by atoms with van der Waals surface area (Å²) in [5.74, 6) is -2.49. The summed E-state index contributed by atoms with van der Waals surface area (Å²) in [4.78, 5) is 50.6. The SMILES string of the molecule is CCN(CC)c1ccc(N2CC=C[C@]34O[C@@]5(CC)C=CCN(Cc6ccccc6)C(=O)[C@H]5[C@H]3C(=O)N(CCO)C4C2=O)cc1. The average molecular weight is 599 g/mol. The largest absolute Gasteiger partial charge is 0.395 e. The number of anilines is 2. The molecule has 232 valence electrons. The lowest BCUT2D eigenvalue weighted by atomic mass is 9.73. The van der Waals surface area contributed by atoms with Gasteiger partial charge in [0.25, 0.3) is 5.91 Å². The molecule has 4 heterocycles. The lowest BCUT2D eigenvalue weighted by Crippen LogP contribution is -2.56. The molecule has 3 amide bonds. The predicted molar refractivity (Wildman–Crippen MR) is 169 cm³/mol. The van der Waals surface area contributed by atoms with Gasteiger partial charge in [0.05, 0.1) is 24.0 Å². The molecule has 1 spiro atoms. The maximum Gasteiger partial charge on any atom is 0.253 e. The molecule has 9 nitrogen and oxygen atoms in total. The van der Waals surface area contributed by atoms with Crippen molar-refractivity contribution in [1.29, 1.82) is 0 Å². The fourth-order valence-corrected chi connectivity index (χ4v) is 7.77. The number of nitrogens with zero attached hydrogens (tertiary/aromatic N) is 4. The maximum atomic E-state index is 14.6. The van der Waals surface area contributed by atoms with Crippen molar-refractivity contribution in [2.75, 3.05) is 49.1 Å². The molecule has 0 aliphatic carbocycles. The number of rotatable bonds is 9. The molecule has 2 saturated heterocycles. The molecule has 2 aromatic carbocycles. The third-order valence-electron chi connectivity index (χ3n) is 9.87. The second-order valence-electron chi connectivity index (χ2n) is 12.0. The first kappa shape index (κ1) is 30.1. The molecule has 44 heavy (non-hydrogen) atoms. The van der Waals surface area contributed by atoms with E-state index in [0.717, 1.165) is 30.0 Å². The summed E-state index contributed by atoms with van der Waals surface area (Å²) in [6, 6.07) is 16.7. The van der Waals surface area contributed by atoms with Gasteiger partial charge in [0.1, 0.15) is 11.6 Å². The quantitative estimate of drug-likeness (QED) is 0.445. The number of aliphatic hydroxyl groups is 1. The van der Waals surface area contributed by atoms with E-state index in [2.05, 4.69) is 18.7 Å². The molecular formula is C35H42N4O5. The number of aliphatic hydroxyl groups excluding tert-OH is 1. The van der Waals surface area contributed by atoms with Crippen molar-refractivity contribution in [2.24, 2.45) is 11.8 Å². The van der Waals surface area contributed by atoms with Crippen LogP contribution in [0.25, 0.3) is 0 Å². The molecule has 2 fully saturated rings. The Hall–Kier alpha value is -3.95. The molecule has 6 rings (SSSR count). The third-order valence-corrected chi connectivity index (χ3v) is 9.87. The number of β-amino-alcohol motifs (C(OH)–C–C–N with tert-alkyl or cyclic N) is 1. The molecule has 5 atom stereocenters. The Balaban J connectivity index is 1.40. The number of hydrogen-bond acceptors (Lipinski definition) is 6. The highest BCUT2D eigenvalue weighted by Crippen LogP contribution is 2.58. The maximum absolute atomic E-state index is 14.6. The van der Waals surface area contributed by atoms with Crippen LogP contribution in [0.4, 0.5) is 11.4 Å². The van der Waals surface area contributed by atoms with Crippen LogP contribution in [0.15, 0.2) is 78.9 Å². The molecule has 1 unspecified atom stereocenters. The van der Waals surface area contributed by atoms with Crippen LogP contribution < -0.4 is 9.80 Å². The fraction of sp³-hybridized carbons (Fsp3) is 0.457. The van der Waals surface area contributed by atoms with Gasteiger partial charge >= 0.3 is 0 Å². The lowest BCUT2D eigenvalue weighted by molar-refractivity contribution is -0.150. The Morgan fingerprint density at radius 3 is 2.23 bits per heavy atom. The highest BCUT2D eigenvalue weighted by molar-refractivity contribution is 6.06. The van der Waals surface area contributed by atoms with E-state index in [4.69, 9.17) is 4.74 Å². The summed E-state index contributed by atoms with van der Waals surface area (Å²) in [6.45, 7) is 8.70. The summed E-state index contributed by atoms with van der Waals surface area (Å²) in [7, 11) is 0. The van der Waals surface area contributed by atoms with E-state index in [-0.39, 0.29) is 30.9 Å². The second-order valence-corrected chi connectivity index (χ2v) is 12.0. The number of likely N-dealkylation sites (tertiary alicyclic amines) is 1. The van der Waals surface area contributed by atoms with Crippen LogP contribution in [0.3, 0.4) is 0 Å². The second kappa shape index (κ2) is 11.9. The smallest absolute Gasteiger partial charge is 0.253 e. The minimum atomic E-state index is -1.35. The normalized spacial score (nSPS) is 29.4. The average Bonchev–Trinajstić information content (AvgIpc) is 3.33.